The van der Waals surface area contributed by atoms with Crippen LogP contribution in [0.15, 0.2) is 24.4 Å². The summed E-state index contributed by atoms with van der Waals surface area (Å²) in [4.78, 5) is 20.5. The lowest BCUT2D eigenvalue weighted by Crippen LogP contribution is -2.27. The topological polar surface area (TPSA) is 84.3 Å². The predicted molar refractivity (Wildman–Crippen MR) is 146 cm³/mol. The molecule has 0 amide bonds. The van der Waals surface area contributed by atoms with Gasteiger partial charge in [-0.1, -0.05) is 0 Å². The van der Waals surface area contributed by atoms with Crippen LogP contribution in [0.25, 0.3) is 21.8 Å². The lowest BCUT2D eigenvalue weighted by molar-refractivity contribution is 0.0244. The predicted octanol–water partition coefficient (Wildman–Crippen LogP) is 5.40. The second-order valence-corrected chi connectivity index (χ2v) is 11.0. The molecule has 2 saturated heterocycles. The normalized spacial score (nSPS) is 17.3. The van der Waals surface area contributed by atoms with Gasteiger partial charge in [0, 0.05) is 37.0 Å². The molecule has 0 atom stereocenters. The van der Waals surface area contributed by atoms with Gasteiger partial charge in [-0.25, -0.2) is 14.3 Å². The Morgan fingerprint density at radius 1 is 1.11 bits per heavy atom. The van der Waals surface area contributed by atoms with Crippen LogP contribution >= 0.6 is 0 Å². The summed E-state index contributed by atoms with van der Waals surface area (Å²) in [6.07, 6.45) is 6.26. The molecular weight excluding hydrogens is 486 g/mol. The van der Waals surface area contributed by atoms with Gasteiger partial charge >= 0.3 is 6.09 Å². The van der Waals surface area contributed by atoms with Gasteiger partial charge in [0.1, 0.15) is 11.7 Å². The summed E-state index contributed by atoms with van der Waals surface area (Å²) in [5.41, 5.74) is 0.671. The molecule has 0 unspecified atom stereocenters. The Kier molecular flexibility index (Phi) is 7.95. The van der Waals surface area contributed by atoms with Gasteiger partial charge in [-0.05, 0) is 65.3 Å². The number of fused-ring (bicyclic) bond motifs is 3. The number of nitrogens with zero attached hydrogens (tertiary/aromatic N) is 3. The number of carbonyl (C=O) groups excluding carboxylic acids is 1. The van der Waals surface area contributed by atoms with Crippen LogP contribution in [0.2, 0.25) is 0 Å². The first kappa shape index (κ1) is 26.6. The second-order valence-electron chi connectivity index (χ2n) is 11.0. The molecule has 9 heteroatoms. The van der Waals surface area contributed by atoms with Gasteiger partial charge in [-0.3, -0.25) is 0 Å². The lowest BCUT2D eigenvalue weighted by atomic mass is 10.1. The standard InChI is InChI=1S/C29H39N3O6/c1-29(2,3)38-28(33)32-22-8-11-30-27(37-20-9-16-35-17-10-20)26(22)21-18-24(34-4)25(19-23(21)32)36-15-7-14-31-12-5-6-13-31/h8,11,18-20H,5-7,9-10,12-17H2,1-4H3. The molecule has 4 heterocycles. The lowest BCUT2D eigenvalue weighted by Gasteiger charge is -2.23. The van der Waals surface area contributed by atoms with Crippen LogP contribution in [-0.2, 0) is 9.47 Å². The van der Waals surface area contributed by atoms with Gasteiger partial charge in [0.25, 0.3) is 0 Å². The van der Waals surface area contributed by atoms with Crippen LogP contribution in [0.4, 0.5) is 4.79 Å². The van der Waals surface area contributed by atoms with E-state index in [2.05, 4.69) is 9.88 Å². The molecule has 0 bridgehead atoms. The van der Waals surface area contributed by atoms with Crippen molar-refractivity contribution >= 4 is 27.9 Å². The zero-order valence-corrected chi connectivity index (χ0v) is 23.0. The molecule has 206 valence electrons. The van der Waals surface area contributed by atoms with E-state index in [1.54, 1.807) is 17.9 Å². The Hall–Kier alpha value is -3.04. The van der Waals surface area contributed by atoms with E-state index in [0.29, 0.717) is 48.2 Å². The average Bonchev–Trinajstić information content (AvgIpc) is 3.52. The zero-order valence-electron chi connectivity index (χ0n) is 23.0. The third-order valence-corrected chi connectivity index (χ3v) is 7.02. The van der Waals surface area contributed by atoms with E-state index in [1.165, 1.54) is 12.8 Å². The van der Waals surface area contributed by atoms with Crippen LogP contribution in [-0.4, -0.2) is 78.8 Å². The number of likely N-dealkylation sites (tertiary alicyclic amines) is 1. The number of aromatic nitrogens is 2. The number of rotatable bonds is 8. The minimum absolute atomic E-state index is 0.00175. The van der Waals surface area contributed by atoms with Crippen molar-refractivity contribution in [2.24, 2.45) is 0 Å². The summed E-state index contributed by atoms with van der Waals surface area (Å²) >= 11 is 0. The highest BCUT2D eigenvalue weighted by molar-refractivity contribution is 6.15. The van der Waals surface area contributed by atoms with Gasteiger partial charge in [-0.2, -0.15) is 0 Å². The Morgan fingerprint density at radius 3 is 2.58 bits per heavy atom. The molecule has 5 rings (SSSR count). The summed E-state index contributed by atoms with van der Waals surface area (Å²) < 4.78 is 31.2. The van der Waals surface area contributed by atoms with Crippen molar-refractivity contribution in [1.29, 1.82) is 0 Å². The van der Waals surface area contributed by atoms with Gasteiger partial charge in [0.15, 0.2) is 11.5 Å². The van der Waals surface area contributed by atoms with Crippen molar-refractivity contribution in [3.8, 4) is 17.4 Å². The minimum atomic E-state index is -0.657. The van der Waals surface area contributed by atoms with Crippen molar-refractivity contribution in [1.82, 2.24) is 14.5 Å². The monoisotopic (exact) mass is 525 g/mol. The Morgan fingerprint density at radius 2 is 1.87 bits per heavy atom. The van der Waals surface area contributed by atoms with Crippen LogP contribution in [0, 0.1) is 0 Å². The highest BCUT2D eigenvalue weighted by Gasteiger charge is 2.27. The summed E-state index contributed by atoms with van der Waals surface area (Å²) in [5, 5.41) is 1.54. The molecule has 2 aliphatic rings. The SMILES string of the molecule is COc1cc2c3c(OC4CCOCC4)nccc3n(C(=O)OC(C)(C)C)c2cc1OCCCN1CCCC1. The van der Waals surface area contributed by atoms with E-state index in [1.807, 2.05) is 39.0 Å². The van der Waals surface area contributed by atoms with Crippen molar-refractivity contribution in [3.05, 3.63) is 24.4 Å². The molecule has 0 aliphatic carbocycles. The third-order valence-electron chi connectivity index (χ3n) is 7.02. The maximum Gasteiger partial charge on any atom is 0.419 e. The average molecular weight is 526 g/mol. The van der Waals surface area contributed by atoms with Gasteiger partial charge in [0.2, 0.25) is 5.88 Å². The molecule has 2 aromatic heterocycles. The van der Waals surface area contributed by atoms with Crippen molar-refractivity contribution in [2.45, 2.75) is 64.6 Å². The molecule has 1 aromatic carbocycles. The van der Waals surface area contributed by atoms with E-state index in [4.69, 9.17) is 23.7 Å². The fraction of sp³-hybridized carbons (Fsp3) is 0.586. The molecule has 38 heavy (non-hydrogen) atoms. The number of benzene rings is 1. The molecule has 9 nitrogen and oxygen atoms in total. The first-order valence-corrected chi connectivity index (χ1v) is 13.7. The van der Waals surface area contributed by atoms with Crippen molar-refractivity contribution in [3.63, 3.8) is 0 Å². The van der Waals surface area contributed by atoms with E-state index in [9.17, 15) is 4.79 Å². The van der Waals surface area contributed by atoms with Gasteiger partial charge < -0.3 is 28.6 Å². The fourth-order valence-corrected chi connectivity index (χ4v) is 5.23. The number of carbonyl (C=O) groups is 1. The van der Waals surface area contributed by atoms with Crippen LogP contribution in [0.1, 0.15) is 52.9 Å². The minimum Gasteiger partial charge on any atom is -0.493 e. The largest absolute Gasteiger partial charge is 0.493 e. The summed E-state index contributed by atoms with van der Waals surface area (Å²) in [5.74, 6) is 1.68. The Balaban J connectivity index is 1.54. The smallest absolute Gasteiger partial charge is 0.419 e. The maximum absolute atomic E-state index is 13.5. The summed E-state index contributed by atoms with van der Waals surface area (Å²) in [6, 6.07) is 5.60. The third kappa shape index (κ3) is 5.83. The van der Waals surface area contributed by atoms with Gasteiger partial charge in [-0.15, -0.1) is 0 Å². The van der Waals surface area contributed by atoms with Gasteiger partial charge in [0.05, 0.1) is 43.4 Å². The molecule has 3 aromatic rings. The molecule has 0 N–H and O–H groups in total. The van der Waals surface area contributed by atoms with Crippen LogP contribution in [0.3, 0.4) is 0 Å². The zero-order chi connectivity index (χ0) is 26.7. The van der Waals surface area contributed by atoms with E-state index in [-0.39, 0.29) is 6.10 Å². The van der Waals surface area contributed by atoms with Crippen molar-refractivity contribution in [2.75, 3.05) is 46.6 Å². The van der Waals surface area contributed by atoms with Crippen LogP contribution < -0.4 is 14.2 Å². The molecule has 2 fully saturated rings. The molecule has 0 radical (unpaired) electrons. The quantitative estimate of drug-likeness (QED) is 0.361. The molecule has 0 spiro atoms. The Labute approximate surface area is 223 Å². The van der Waals surface area contributed by atoms with E-state index in [0.717, 1.165) is 49.7 Å². The molecule has 0 saturated carbocycles. The molecular formula is C29H39N3O6. The highest BCUT2D eigenvalue weighted by atomic mass is 16.6. The summed E-state index contributed by atoms with van der Waals surface area (Å²) in [6.45, 7) is 10.8. The number of pyridine rings is 1. The Bertz CT molecular complexity index is 1270. The number of ether oxygens (including phenoxy) is 5. The highest BCUT2D eigenvalue weighted by Crippen LogP contribution is 2.41. The van der Waals surface area contributed by atoms with E-state index < -0.39 is 11.7 Å². The first-order valence-electron chi connectivity index (χ1n) is 13.7. The fourth-order valence-electron chi connectivity index (χ4n) is 5.23. The maximum atomic E-state index is 13.5. The second kappa shape index (κ2) is 11.4. The van der Waals surface area contributed by atoms with Crippen molar-refractivity contribution < 1.29 is 28.5 Å². The van der Waals surface area contributed by atoms with Crippen LogP contribution in [0.5, 0.6) is 17.4 Å². The first-order chi connectivity index (χ1) is 18.3. The number of hydrogen-bond acceptors (Lipinski definition) is 8. The number of methoxy groups -OCH3 is 1. The van der Waals surface area contributed by atoms with E-state index >= 15 is 0 Å². The summed E-state index contributed by atoms with van der Waals surface area (Å²) in [7, 11) is 1.63. The number of hydrogen-bond donors (Lipinski definition) is 0. The molecule has 2 aliphatic heterocycles.